The van der Waals surface area contributed by atoms with Crippen molar-refractivity contribution < 1.29 is 9.59 Å². The van der Waals surface area contributed by atoms with Gasteiger partial charge in [-0.1, -0.05) is 13.8 Å². The van der Waals surface area contributed by atoms with E-state index in [1.807, 2.05) is 11.4 Å². The Hall–Kier alpha value is -2.06. The van der Waals surface area contributed by atoms with Crippen LogP contribution in [-0.2, 0) is 16.1 Å². The van der Waals surface area contributed by atoms with Gasteiger partial charge in [-0.3, -0.25) is 14.5 Å². The quantitative estimate of drug-likeness (QED) is 0.500. The summed E-state index contributed by atoms with van der Waals surface area (Å²) < 4.78 is 0. The van der Waals surface area contributed by atoms with Crippen molar-refractivity contribution in [3.8, 4) is 0 Å². The number of amides is 2. The van der Waals surface area contributed by atoms with Gasteiger partial charge in [0.15, 0.2) is 11.6 Å². The first kappa shape index (κ1) is 13.9. The van der Waals surface area contributed by atoms with Gasteiger partial charge in [-0.15, -0.1) is 11.3 Å². The van der Waals surface area contributed by atoms with Gasteiger partial charge in [0.2, 0.25) is 11.8 Å². The predicted octanol–water partition coefficient (Wildman–Crippen LogP) is 1.12. The summed E-state index contributed by atoms with van der Waals surface area (Å²) in [5.41, 5.74) is 2.53. The molecule has 2 aromatic heterocycles. The van der Waals surface area contributed by atoms with E-state index in [4.69, 9.17) is 5.84 Å². The van der Waals surface area contributed by atoms with Gasteiger partial charge < -0.3 is 5.43 Å². The van der Waals surface area contributed by atoms with Crippen LogP contribution in [0.15, 0.2) is 11.4 Å². The highest BCUT2D eigenvalue weighted by atomic mass is 32.1. The number of rotatable bonds is 3. The molecule has 0 aromatic carbocycles. The van der Waals surface area contributed by atoms with E-state index in [2.05, 4.69) is 15.4 Å². The number of thiophene rings is 1. The molecule has 1 fully saturated rings. The summed E-state index contributed by atoms with van der Waals surface area (Å²) in [4.78, 5) is 34.9. The number of aromatic nitrogens is 2. The lowest BCUT2D eigenvalue weighted by atomic mass is 10.00. The molecule has 0 bridgehead atoms. The zero-order valence-corrected chi connectivity index (χ0v) is 12.5. The van der Waals surface area contributed by atoms with Crippen molar-refractivity contribution in [2.24, 2.45) is 17.7 Å². The second kappa shape index (κ2) is 5.05. The summed E-state index contributed by atoms with van der Waals surface area (Å²) in [6.45, 7) is 3.61. The number of nitrogens with two attached hydrogens (primary N) is 1. The molecule has 2 amide bonds. The van der Waals surface area contributed by atoms with Crippen LogP contribution in [0.5, 0.6) is 0 Å². The Morgan fingerprint density at radius 3 is 2.57 bits per heavy atom. The lowest BCUT2D eigenvalue weighted by molar-refractivity contribution is -0.140. The third kappa shape index (κ3) is 2.16. The number of hydrazine groups is 1. The second-order valence-corrected chi connectivity index (χ2v) is 6.01. The number of hydrogen-bond donors (Lipinski definition) is 2. The SMILES string of the molecule is CC1C(=O)N(Cc2nc(NN)c3ccsc3n2)C(=O)C1C. The van der Waals surface area contributed by atoms with Gasteiger partial charge in [0, 0.05) is 11.8 Å². The molecule has 7 nitrogen and oxygen atoms in total. The van der Waals surface area contributed by atoms with Gasteiger partial charge in [0.25, 0.3) is 0 Å². The number of nitrogens with one attached hydrogen (secondary N) is 1. The van der Waals surface area contributed by atoms with E-state index < -0.39 is 0 Å². The second-order valence-electron chi connectivity index (χ2n) is 5.11. The topological polar surface area (TPSA) is 101 Å². The summed E-state index contributed by atoms with van der Waals surface area (Å²) in [6, 6.07) is 1.87. The number of anilines is 1. The van der Waals surface area contributed by atoms with Gasteiger partial charge in [0.05, 0.1) is 11.9 Å². The summed E-state index contributed by atoms with van der Waals surface area (Å²) in [6.07, 6.45) is 0. The maximum absolute atomic E-state index is 12.1. The van der Waals surface area contributed by atoms with Crippen molar-refractivity contribution in [2.45, 2.75) is 20.4 Å². The number of fused-ring (bicyclic) bond motifs is 1. The van der Waals surface area contributed by atoms with Crippen molar-refractivity contribution in [1.29, 1.82) is 0 Å². The van der Waals surface area contributed by atoms with Crippen molar-refractivity contribution in [1.82, 2.24) is 14.9 Å². The van der Waals surface area contributed by atoms with E-state index in [0.29, 0.717) is 11.6 Å². The molecule has 110 valence electrons. The molecule has 3 N–H and O–H groups in total. The molecule has 1 aliphatic rings. The van der Waals surface area contributed by atoms with Gasteiger partial charge in [-0.25, -0.2) is 15.8 Å². The van der Waals surface area contributed by atoms with Crippen molar-refractivity contribution >= 4 is 39.2 Å². The molecule has 0 spiro atoms. The fraction of sp³-hybridized carbons (Fsp3) is 0.385. The first-order valence-electron chi connectivity index (χ1n) is 6.59. The molecule has 8 heteroatoms. The molecule has 3 heterocycles. The molecule has 1 aliphatic heterocycles. The minimum absolute atomic E-state index is 0.0782. The summed E-state index contributed by atoms with van der Waals surface area (Å²) in [5.74, 6) is 5.42. The molecular formula is C13H15N5O2S. The third-order valence-corrected chi connectivity index (χ3v) is 4.68. The smallest absolute Gasteiger partial charge is 0.233 e. The fourth-order valence-electron chi connectivity index (χ4n) is 2.41. The first-order chi connectivity index (χ1) is 10.0. The van der Waals surface area contributed by atoms with Crippen LogP contribution in [0.3, 0.4) is 0 Å². The van der Waals surface area contributed by atoms with Gasteiger partial charge in [0.1, 0.15) is 4.83 Å². The van der Waals surface area contributed by atoms with E-state index in [-0.39, 0.29) is 30.2 Å². The summed E-state index contributed by atoms with van der Waals surface area (Å²) in [5, 5.41) is 2.72. The van der Waals surface area contributed by atoms with Crippen LogP contribution >= 0.6 is 11.3 Å². The van der Waals surface area contributed by atoms with E-state index in [1.165, 1.54) is 16.2 Å². The third-order valence-electron chi connectivity index (χ3n) is 3.87. The summed E-state index contributed by atoms with van der Waals surface area (Å²) >= 11 is 1.46. The fourth-order valence-corrected chi connectivity index (χ4v) is 3.19. The number of hydrogen-bond acceptors (Lipinski definition) is 7. The number of nitrogen functional groups attached to an aromatic ring is 1. The first-order valence-corrected chi connectivity index (χ1v) is 7.47. The van der Waals surface area contributed by atoms with Crippen LogP contribution in [-0.4, -0.2) is 26.7 Å². The average molecular weight is 305 g/mol. The highest BCUT2D eigenvalue weighted by molar-refractivity contribution is 7.16. The molecule has 21 heavy (non-hydrogen) atoms. The highest BCUT2D eigenvalue weighted by Crippen LogP contribution is 2.28. The van der Waals surface area contributed by atoms with Crippen LogP contribution in [0, 0.1) is 11.8 Å². The maximum Gasteiger partial charge on any atom is 0.233 e. The minimum atomic E-state index is -0.296. The summed E-state index contributed by atoms with van der Waals surface area (Å²) in [7, 11) is 0. The number of imide groups is 1. The van der Waals surface area contributed by atoms with Crippen LogP contribution in [0.1, 0.15) is 19.7 Å². The zero-order valence-electron chi connectivity index (χ0n) is 11.7. The average Bonchev–Trinajstić information content (AvgIpc) is 3.02. The van der Waals surface area contributed by atoms with Crippen LogP contribution < -0.4 is 11.3 Å². The number of carbonyl (C=O) groups is 2. The van der Waals surface area contributed by atoms with Gasteiger partial charge >= 0.3 is 0 Å². The Bertz CT molecular complexity index is 708. The lowest BCUT2D eigenvalue weighted by Crippen LogP contribution is -2.31. The zero-order chi connectivity index (χ0) is 15.1. The predicted molar refractivity (Wildman–Crippen MR) is 79.1 cm³/mol. The van der Waals surface area contributed by atoms with Gasteiger partial charge in [-0.05, 0) is 11.4 Å². The molecule has 2 unspecified atom stereocenters. The Balaban J connectivity index is 1.95. The normalized spacial score (nSPS) is 22.3. The van der Waals surface area contributed by atoms with Crippen molar-refractivity contribution in [3.05, 3.63) is 17.3 Å². The van der Waals surface area contributed by atoms with Crippen molar-refractivity contribution in [3.63, 3.8) is 0 Å². The monoisotopic (exact) mass is 305 g/mol. The van der Waals surface area contributed by atoms with Crippen LogP contribution in [0.4, 0.5) is 5.82 Å². The molecule has 1 saturated heterocycles. The number of likely N-dealkylation sites (tertiary alicyclic amines) is 1. The lowest BCUT2D eigenvalue weighted by Gasteiger charge is -2.14. The van der Waals surface area contributed by atoms with Crippen LogP contribution in [0.25, 0.3) is 10.2 Å². The van der Waals surface area contributed by atoms with Crippen LogP contribution in [0.2, 0.25) is 0 Å². The molecule has 2 aromatic rings. The maximum atomic E-state index is 12.1. The Kier molecular flexibility index (Phi) is 3.34. The van der Waals surface area contributed by atoms with Gasteiger partial charge in [-0.2, -0.15) is 0 Å². The molecule has 3 rings (SSSR count). The Labute approximate surface area is 125 Å². The molecular weight excluding hydrogens is 290 g/mol. The van der Waals surface area contributed by atoms with E-state index >= 15 is 0 Å². The number of carbonyl (C=O) groups excluding carboxylic acids is 2. The highest BCUT2D eigenvalue weighted by Gasteiger charge is 2.42. The standard InChI is InChI=1S/C13H15N5O2S/c1-6-7(2)13(20)18(12(6)19)5-9-15-10(17-14)8-3-4-21-11(8)16-9/h3-4,6-7H,5,14H2,1-2H3,(H,15,16,17). The van der Waals surface area contributed by atoms with Crippen molar-refractivity contribution in [2.75, 3.05) is 5.43 Å². The number of nitrogens with zero attached hydrogens (tertiary/aromatic N) is 3. The largest absolute Gasteiger partial charge is 0.308 e. The van der Waals surface area contributed by atoms with E-state index in [0.717, 1.165) is 10.2 Å². The van der Waals surface area contributed by atoms with E-state index in [9.17, 15) is 9.59 Å². The van der Waals surface area contributed by atoms with E-state index in [1.54, 1.807) is 13.8 Å². The minimum Gasteiger partial charge on any atom is -0.308 e. The molecule has 0 saturated carbocycles. The Morgan fingerprint density at radius 1 is 1.29 bits per heavy atom. The molecule has 2 atom stereocenters. The molecule has 0 aliphatic carbocycles. The Morgan fingerprint density at radius 2 is 1.95 bits per heavy atom. The molecule has 0 radical (unpaired) electrons.